The summed E-state index contributed by atoms with van der Waals surface area (Å²) < 4.78 is 0. The standard InChI is InChI=1S/C20H26O/c1-6-14(2)17-12-16(20(3,4)5)13-18(19(17)21)15-10-8-7-9-11-15/h7-14,21H,6H2,1-5H3. The molecule has 21 heavy (non-hydrogen) atoms. The highest BCUT2D eigenvalue weighted by Crippen LogP contribution is 2.40. The lowest BCUT2D eigenvalue weighted by Crippen LogP contribution is -2.12. The molecule has 112 valence electrons. The Bertz CT molecular complexity index is 606. The van der Waals surface area contributed by atoms with Crippen LogP contribution in [0.25, 0.3) is 11.1 Å². The minimum absolute atomic E-state index is 0.0689. The number of aromatic hydroxyl groups is 1. The molecule has 0 aromatic heterocycles. The Morgan fingerprint density at radius 1 is 1.05 bits per heavy atom. The number of phenols is 1. The molecule has 0 spiro atoms. The minimum Gasteiger partial charge on any atom is -0.507 e. The molecule has 1 unspecified atom stereocenters. The van der Waals surface area contributed by atoms with Gasteiger partial charge in [0, 0.05) is 5.56 Å². The van der Waals surface area contributed by atoms with Crippen molar-refractivity contribution in [1.29, 1.82) is 0 Å². The monoisotopic (exact) mass is 282 g/mol. The van der Waals surface area contributed by atoms with Crippen molar-refractivity contribution < 1.29 is 5.11 Å². The summed E-state index contributed by atoms with van der Waals surface area (Å²) in [7, 11) is 0. The van der Waals surface area contributed by atoms with E-state index in [4.69, 9.17) is 0 Å². The van der Waals surface area contributed by atoms with Crippen molar-refractivity contribution in [3.8, 4) is 16.9 Å². The first kappa shape index (κ1) is 15.6. The highest BCUT2D eigenvalue weighted by atomic mass is 16.3. The molecule has 1 atom stereocenters. The van der Waals surface area contributed by atoms with Crippen molar-refractivity contribution in [3.63, 3.8) is 0 Å². The van der Waals surface area contributed by atoms with Crippen LogP contribution < -0.4 is 0 Å². The minimum atomic E-state index is 0.0689. The molecular formula is C20H26O. The second-order valence-electron chi connectivity index (χ2n) is 6.89. The van der Waals surface area contributed by atoms with Gasteiger partial charge in [-0.3, -0.25) is 0 Å². The molecule has 0 aliphatic heterocycles. The molecule has 0 radical (unpaired) electrons. The lowest BCUT2D eigenvalue weighted by Gasteiger charge is -2.24. The second kappa shape index (κ2) is 5.93. The molecule has 0 aliphatic carbocycles. The van der Waals surface area contributed by atoms with Crippen LogP contribution in [0, 0.1) is 0 Å². The topological polar surface area (TPSA) is 20.2 Å². The Hall–Kier alpha value is -1.76. The second-order valence-corrected chi connectivity index (χ2v) is 6.89. The Morgan fingerprint density at radius 2 is 1.67 bits per heavy atom. The van der Waals surface area contributed by atoms with Gasteiger partial charge in [-0.1, -0.05) is 71.0 Å². The van der Waals surface area contributed by atoms with E-state index < -0.39 is 0 Å². The molecule has 1 nitrogen and oxygen atoms in total. The third kappa shape index (κ3) is 3.29. The highest BCUT2D eigenvalue weighted by molar-refractivity contribution is 5.73. The van der Waals surface area contributed by atoms with E-state index in [1.165, 1.54) is 5.56 Å². The molecule has 0 fully saturated rings. The predicted molar refractivity (Wildman–Crippen MR) is 90.9 cm³/mol. The lowest BCUT2D eigenvalue weighted by atomic mass is 9.81. The average Bonchev–Trinajstić information content (AvgIpc) is 2.46. The van der Waals surface area contributed by atoms with E-state index in [0.29, 0.717) is 11.7 Å². The molecule has 1 N–H and O–H groups in total. The molecule has 2 aromatic rings. The maximum atomic E-state index is 10.7. The third-order valence-electron chi connectivity index (χ3n) is 4.23. The Balaban J connectivity index is 2.69. The zero-order chi connectivity index (χ0) is 15.6. The van der Waals surface area contributed by atoms with Crippen LogP contribution in [0.2, 0.25) is 0 Å². The number of hydrogen-bond acceptors (Lipinski definition) is 1. The van der Waals surface area contributed by atoms with Crippen molar-refractivity contribution in [2.45, 2.75) is 52.4 Å². The molecule has 1 heteroatoms. The first-order valence-electron chi connectivity index (χ1n) is 7.77. The molecule has 2 rings (SSSR count). The molecule has 0 aliphatic rings. The van der Waals surface area contributed by atoms with Gasteiger partial charge in [-0.05, 0) is 40.5 Å². The molecule has 0 amide bonds. The van der Waals surface area contributed by atoms with E-state index in [-0.39, 0.29) is 5.41 Å². The van der Waals surface area contributed by atoms with Gasteiger partial charge in [-0.15, -0.1) is 0 Å². The van der Waals surface area contributed by atoms with E-state index >= 15 is 0 Å². The number of rotatable bonds is 3. The smallest absolute Gasteiger partial charge is 0.126 e. The highest BCUT2D eigenvalue weighted by Gasteiger charge is 2.21. The normalized spacial score (nSPS) is 13.2. The summed E-state index contributed by atoms with van der Waals surface area (Å²) in [4.78, 5) is 0. The van der Waals surface area contributed by atoms with Crippen LogP contribution >= 0.6 is 0 Å². The fourth-order valence-electron chi connectivity index (χ4n) is 2.52. The van der Waals surface area contributed by atoms with Crippen LogP contribution in [0.15, 0.2) is 42.5 Å². The molecular weight excluding hydrogens is 256 g/mol. The fourth-order valence-corrected chi connectivity index (χ4v) is 2.52. The summed E-state index contributed by atoms with van der Waals surface area (Å²) in [6, 6.07) is 14.5. The largest absolute Gasteiger partial charge is 0.507 e. The van der Waals surface area contributed by atoms with Gasteiger partial charge >= 0.3 is 0 Å². The van der Waals surface area contributed by atoms with Gasteiger partial charge in [0.25, 0.3) is 0 Å². The summed E-state index contributed by atoms with van der Waals surface area (Å²) in [6.07, 6.45) is 1.02. The zero-order valence-corrected chi connectivity index (χ0v) is 13.8. The SMILES string of the molecule is CCC(C)c1cc(C(C)(C)C)cc(-c2ccccc2)c1O. The first-order chi connectivity index (χ1) is 9.84. The average molecular weight is 282 g/mol. The lowest BCUT2D eigenvalue weighted by molar-refractivity contribution is 0.462. The van der Waals surface area contributed by atoms with Gasteiger partial charge in [0.05, 0.1) is 0 Å². The van der Waals surface area contributed by atoms with Crippen LogP contribution in [0.4, 0.5) is 0 Å². The van der Waals surface area contributed by atoms with Crippen molar-refractivity contribution in [3.05, 3.63) is 53.6 Å². The van der Waals surface area contributed by atoms with Gasteiger partial charge in [0.1, 0.15) is 5.75 Å². The quantitative estimate of drug-likeness (QED) is 0.746. The van der Waals surface area contributed by atoms with Crippen LogP contribution in [-0.2, 0) is 5.41 Å². The van der Waals surface area contributed by atoms with Gasteiger partial charge in [0.2, 0.25) is 0 Å². The number of phenolic OH excluding ortho intramolecular Hbond substituents is 1. The Morgan fingerprint density at radius 3 is 2.19 bits per heavy atom. The Labute approximate surface area is 128 Å². The maximum Gasteiger partial charge on any atom is 0.126 e. The molecule has 0 heterocycles. The zero-order valence-electron chi connectivity index (χ0n) is 13.8. The van der Waals surface area contributed by atoms with Gasteiger partial charge in [-0.2, -0.15) is 0 Å². The fraction of sp³-hybridized carbons (Fsp3) is 0.400. The third-order valence-corrected chi connectivity index (χ3v) is 4.23. The van der Waals surface area contributed by atoms with Gasteiger partial charge < -0.3 is 5.11 Å². The van der Waals surface area contributed by atoms with Crippen LogP contribution in [0.3, 0.4) is 0 Å². The van der Waals surface area contributed by atoms with E-state index in [1.54, 1.807) is 0 Å². The van der Waals surface area contributed by atoms with Crippen LogP contribution in [-0.4, -0.2) is 5.11 Å². The summed E-state index contributed by atoms with van der Waals surface area (Å²) >= 11 is 0. The van der Waals surface area contributed by atoms with E-state index in [0.717, 1.165) is 23.1 Å². The van der Waals surface area contributed by atoms with Crippen molar-refractivity contribution in [2.75, 3.05) is 0 Å². The van der Waals surface area contributed by atoms with Crippen molar-refractivity contribution in [1.82, 2.24) is 0 Å². The van der Waals surface area contributed by atoms with Crippen LogP contribution in [0.5, 0.6) is 5.75 Å². The van der Waals surface area contributed by atoms with Gasteiger partial charge in [-0.25, -0.2) is 0 Å². The van der Waals surface area contributed by atoms with Crippen molar-refractivity contribution >= 4 is 0 Å². The van der Waals surface area contributed by atoms with E-state index in [9.17, 15) is 5.11 Å². The summed E-state index contributed by atoms with van der Waals surface area (Å²) in [6.45, 7) is 11.0. The van der Waals surface area contributed by atoms with Crippen LogP contribution in [0.1, 0.15) is 58.1 Å². The number of hydrogen-bond donors (Lipinski definition) is 1. The summed E-state index contributed by atoms with van der Waals surface area (Å²) in [5.41, 5.74) is 4.42. The predicted octanol–water partition coefficient (Wildman–Crippen LogP) is 5.87. The number of benzene rings is 2. The maximum absolute atomic E-state index is 10.7. The first-order valence-corrected chi connectivity index (χ1v) is 7.77. The van der Waals surface area contributed by atoms with E-state index in [1.807, 2.05) is 18.2 Å². The molecule has 2 aromatic carbocycles. The molecule has 0 bridgehead atoms. The molecule has 0 saturated carbocycles. The summed E-state index contributed by atoms with van der Waals surface area (Å²) in [5, 5.41) is 10.7. The Kier molecular flexibility index (Phi) is 4.41. The van der Waals surface area contributed by atoms with Gasteiger partial charge in [0.15, 0.2) is 0 Å². The summed E-state index contributed by atoms with van der Waals surface area (Å²) in [5.74, 6) is 0.790. The van der Waals surface area contributed by atoms with Crippen molar-refractivity contribution in [2.24, 2.45) is 0 Å². The molecule has 0 saturated heterocycles. The van der Waals surface area contributed by atoms with E-state index in [2.05, 4.69) is 58.9 Å².